The minimum atomic E-state index is 0.476. The van der Waals surface area contributed by atoms with Gasteiger partial charge in [0.05, 0.1) is 19.6 Å². The molecular weight excluding hydrogens is 160 g/mol. The molecule has 0 saturated carbocycles. The van der Waals surface area contributed by atoms with E-state index in [1.54, 1.807) is 0 Å². The maximum atomic E-state index is 8.71. The Hall–Kier alpha value is -1.33. The van der Waals surface area contributed by atoms with Gasteiger partial charge < -0.3 is 4.48 Å². The van der Waals surface area contributed by atoms with Crippen molar-refractivity contribution in [2.24, 2.45) is 0 Å². The fourth-order valence-electron chi connectivity index (χ4n) is 1.39. The zero-order chi connectivity index (χ0) is 10.2. The van der Waals surface area contributed by atoms with Crippen LogP contribution in [0.3, 0.4) is 0 Å². The second kappa shape index (κ2) is 6.22. The molecule has 0 spiro atoms. The van der Waals surface area contributed by atoms with Crippen LogP contribution >= 0.6 is 0 Å². The highest BCUT2D eigenvalue weighted by atomic mass is 15.3. The molecule has 0 atom stereocenters. The van der Waals surface area contributed by atoms with Gasteiger partial charge in [-0.25, -0.2) is 0 Å². The molecule has 0 aromatic heterocycles. The summed E-state index contributed by atoms with van der Waals surface area (Å²) in [5.41, 5.74) is 0. The summed E-state index contributed by atoms with van der Waals surface area (Å²) in [6.07, 6.45) is 5.51. The second-order valence-electron chi connectivity index (χ2n) is 3.07. The highest BCUT2D eigenvalue weighted by molar-refractivity contribution is 4.80. The van der Waals surface area contributed by atoms with Gasteiger partial charge in [-0.05, 0) is 18.2 Å². The van der Waals surface area contributed by atoms with E-state index in [9.17, 15) is 0 Å². The predicted octanol–water partition coefficient (Wildman–Crippen LogP) is 1.88. The Labute approximate surface area is 80.7 Å². The molecule has 0 aromatic rings. The summed E-state index contributed by atoms with van der Waals surface area (Å²) in [4.78, 5) is 0. The third-order valence-electron chi connectivity index (χ3n) is 1.96. The van der Waals surface area contributed by atoms with Gasteiger partial charge in [-0.1, -0.05) is 19.7 Å². The third kappa shape index (κ3) is 3.73. The lowest BCUT2D eigenvalue weighted by Crippen LogP contribution is -2.48. The SMILES string of the molecule is C=CC[N+](CC#N)(CC=C)CC=C. The van der Waals surface area contributed by atoms with Gasteiger partial charge in [0.25, 0.3) is 0 Å². The molecule has 0 rings (SSSR count). The van der Waals surface area contributed by atoms with Crippen LogP contribution in [-0.4, -0.2) is 30.7 Å². The highest BCUT2D eigenvalue weighted by Crippen LogP contribution is 2.06. The first-order valence-electron chi connectivity index (χ1n) is 4.29. The summed E-state index contributed by atoms with van der Waals surface area (Å²) >= 11 is 0. The van der Waals surface area contributed by atoms with E-state index in [0.717, 1.165) is 19.6 Å². The minimum Gasteiger partial charge on any atom is -0.302 e. The largest absolute Gasteiger partial charge is 0.302 e. The standard InChI is InChI=1S/C11H17N2/c1-4-8-13(9-5-2,10-6-3)11-7-12/h4-6H,1-3,8-11H2/q+1. The van der Waals surface area contributed by atoms with E-state index in [0.29, 0.717) is 11.0 Å². The van der Waals surface area contributed by atoms with Crippen molar-refractivity contribution in [3.05, 3.63) is 38.0 Å². The number of hydrogen-bond acceptors (Lipinski definition) is 1. The Bertz CT molecular complexity index is 196. The van der Waals surface area contributed by atoms with Crippen LogP contribution in [0.15, 0.2) is 38.0 Å². The number of quaternary nitrogens is 1. The summed E-state index contributed by atoms with van der Waals surface area (Å²) in [6, 6.07) is 2.19. The van der Waals surface area contributed by atoms with Crippen molar-refractivity contribution >= 4 is 0 Å². The lowest BCUT2D eigenvalue weighted by atomic mass is 10.3. The molecule has 0 aliphatic rings. The summed E-state index contributed by atoms with van der Waals surface area (Å²) < 4.78 is 0.660. The zero-order valence-corrected chi connectivity index (χ0v) is 8.08. The molecule has 0 aliphatic carbocycles. The topological polar surface area (TPSA) is 23.8 Å². The molecule has 0 N–H and O–H groups in total. The van der Waals surface area contributed by atoms with Crippen molar-refractivity contribution in [2.75, 3.05) is 26.2 Å². The molecule has 70 valence electrons. The summed E-state index contributed by atoms with van der Waals surface area (Å²) in [7, 11) is 0. The first kappa shape index (κ1) is 11.7. The zero-order valence-electron chi connectivity index (χ0n) is 8.08. The van der Waals surface area contributed by atoms with E-state index in [-0.39, 0.29) is 0 Å². The van der Waals surface area contributed by atoms with E-state index in [1.807, 2.05) is 18.2 Å². The molecule has 0 aromatic carbocycles. The second-order valence-corrected chi connectivity index (χ2v) is 3.07. The van der Waals surface area contributed by atoms with Crippen molar-refractivity contribution in [3.63, 3.8) is 0 Å². The van der Waals surface area contributed by atoms with Gasteiger partial charge in [0.15, 0.2) is 6.54 Å². The fourth-order valence-corrected chi connectivity index (χ4v) is 1.39. The van der Waals surface area contributed by atoms with Crippen molar-refractivity contribution < 1.29 is 4.48 Å². The van der Waals surface area contributed by atoms with E-state index < -0.39 is 0 Å². The van der Waals surface area contributed by atoms with Crippen LogP contribution in [-0.2, 0) is 0 Å². The molecule has 13 heavy (non-hydrogen) atoms. The third-order valence-corrected chi connectivity index (χ3v) is 1.96. The van der Waals surface area contributed by atoms with Crippen LogP contribution in [0.5, 0.6) is 0 Å². The maximum Gasteiger partial charge on any atom is 0.167 e. The molecule has 0 heterocycles. The monoisotopic (exact) mass is 177 g/mol. The van der Waals surface area contributed by atoms with Crippen LogP contribution in [0, 0.1) is 11.3 Å². The van der Waals surface area contributed by atoms with Gasteiger partial charge in [0, 0.05) is 0 Å². The van der Waals surface area contributed by atoms with Crippen molar-refractivity contribution in [1.29, 1.82) is 5.26 Å². The molecule has 0 radical (unpaired) electrons. The summed E-state index contributed by atoms with van der Waals surface area (Å²) in [6.45, 7) is 13.9. The normalized spacial score (nSPS) is 10.1. The van der Waals surface area contributed by atoms with Crippen LogP contribution in [0.2, 0.25) is 0 Å². The quantitative estimate of drug-likeness (QED) is 0.331. The number of hydrogen-bond donors (Lipinski definition) is 0. The molecule has 0 aliphatic heterocycles. The van der Waals surface area contributed by atoms with Gasteiger partial charge in [-0.15, -0.1) is 0 Å². The molecule has 0 saturated heterocycles. The Balaban J connectivity index is 4.56. The van der Waals surface area contributed by atoms with Gasteiger partial charge in [0.1, 0.15) is 6.07 Å². The average Bonchev–Trinajstić information content (AvgIpc) is 2.06. The van der Waals surface area contributed by atoms with Gasteiger partial charge in [0.2, 0.25) is 0 Å². The van der Waals surface area contributed by atoms with Crippen molar-refractivity contribution in [3.8, 4) is 6.07 Å². The van der Waals surface area contributed by atoms with Crippen LogP contribution in [0.25, 0.3) is 0 Å². The minimum absolute atomic E-state index is 0.476. The van der Waals surface area contributed by atoms with E-state index in [2.05, 4.69) is 25.8 Å². The van der Waals surface area contributed by atoms with E-state index in [4.69, 9.17) is 5.26 Å². The van der Waals surface area contributed by atoms with Crippen LogP contribution < -0.4 is 0 Å². The predicted molar refractivity (Wildman–Crippen MR) is 55.9 cm³/mol. The first-order valence-corrected chi connectivity index (χ1v) is 4.29. The molecule has 2 nitrogen and oxygen atoms in total. The first-order chi connectivity index (χ1) is 6.24. The molecule has 2 heteroatoms. The number of rotatable bonds is 7. The van der Waals surface area contributed by atoms with Crippen LogP contribution in [0.4, 0.5) is 0 Å². The average molecular weight is 177 g/mol. The Morgan fingerprint density at radius 1 is 1.00 bits per heavy atom. The molecular formula is C11H17N2+. The number of nitriles is 1. The smallest absolute Gasteiger partial charge is 0.167 e. The van der Waals surface area contributed by atoms with Crippen molar-refractivity contribution in [2.45, 2.75) is 0 Å². The van der Waals surface area contributed by atoms with Gasteiger partial charge in [-0.2, -0.15) is 5.26 Å². The van der Waals surface area contributed by atoms with Gasteiger partial charge >= 0.3 is 0 Å². The Kier molecular flexibility index (Phi) is 5.58. The van der Waals surface area contributed by atoms with Crippen LogP contribution in [0.1, 0.15) is 0 Å². The molecule has 0 amide bonds. The fraction of sp³-hybridized carbons (Fsp3) is 0.364. The maximum absolute atomic E-state index is 8.71. The lowest BCUT2D eigenvalue weighted by Gasteiger charge is -2.33. The summed E-state index contributed by atoms with van der Waals surface area (Å²) in [5, 5.41) is 8.71. The molecule has 0 unspecified atom stereocenters. The van der Waals surface area contributed by atoms with Gasteiger partial charge in [-0.3, -0.25) is 0 Å². The van der Waals surface area contributed by atoms with E-state index in [1.165, 1.54) is 0 Å². The summed E-state index contributed by atoms with van der Waals surface area (Å²) in [5.74, 6) is 0. The number of nitrogens with zero attached hydrogens (tertiary/aromatic N) is 2. The Morgan fingerprint density at radius 3 is 1.62 bits per heavy atom. The van der Waals surface area contributed by atoms with E-state index >= 15 is 0 Å². The molecule has 0 bridgehead atoms. The Morgan fingerprint density at radius 2 is 1.38 bits per heavy atom. The molecule has 0 fully saturated rings. The highest BCUT2D eigenvalue weighted by Gasteiger charge is 2.21. The lowest BCUT2D eigenvalue weighted by molar-refractivity contribution is -0.905. The van der Waals surface area contributed by atoms with Crippen molar-refractivity contribution in [1.82, 2.24) is 0 Å².